The number of carboxylic acids is 1. The van der Waals surface area contributed by atoms with E-state index >= 15 is 0 Å². The van der Waals surface area contributed by atoms with Gasteiger partial charge in [0.05, 0.1) is 18.2 Å². The average Bonchev–Trinajstić information content (AvgIpc) is 2.62. The first-order chi connectivity index (χ1) is 13.4. The standard InChI is InChI=1S/C17H33N5O7/c1-8(17(28)29)20-15(26)12(9(2)23)22-16(27)13(10(3)24)21-14(25)11(19)6-4-5-7-18/h8-13,23-24H,4-7,18-19H2,1-3H3,(H,20,26)(H,21,25)(H,22,27)(H,28,29). The highest BCUT2D eigenvalue weighted by molar-refractivity contribution is 5.94. The monoisotopic (exact) mass is 419 g/mol. The second kappa shape index (κ2) is 13.0. The summed E-state index contributed by atoms with van der Waals surface area (Å²) >= 11 is 0. The Bertz CT molecular complexity index is 570. The van der Waals surface area contributed by atoms with Crippen molar-refractivity contribution in [2.75, 3.05) is 6.54 Å². The third-order valence-electron chi connectivity index (χ3n) is 4.16. The Morgan fingerprint density at radius 3 is 1.69 bits per heavy atom. The fourth-order valence-electron chi connectivity index (χ4n) is 2.32. The van der Waals surface area contributed by atoms with Crippen molar-refractivity contribution >= 4 is 23.7 Å². The van der Waals surface area contributed by atoms with Crippen LogP contribution in [-0.4, -0.2) is 81.9 Å². The molecule has 0 aliphatic carbocycles. The van der Waals surface area contributed by atoms with Gasteiger partial charge in [-0.05, 0) is 40.2 Å². The molecule has 168 valence electrons. The van der Waals surface area contributed by atoms with Crippen molar-refractivity contribution in [3.63, 3.8) is 0 Å². The molecule has 0 aromatic rings. The number of aliphatic carboxylic acids is 1. The van der Waals surface area contributed by atoms with Crippen LogP contribution in [0.25, 0.3) is 0 Å². The zero-order valence-corrected chi connectivity index (χ0v) is 16.9. The molecule has 3 amide bonds. The van der Waals surface area contributed by atoms with Crippen molar-refractivity contribution < 1.29 is 34.5 Å². The molecule has 0 aromatic heterocycles. The summed E-state index contributed by atoms with van der Waals surface area (Å²) in [5.41, 5.74) is 11.1. The van der Waals surface area contributed by atoms with Crippen LogP contribution in [0.5, 0.6) is 0 Å². The maximum absolute atomic E-state index is 12.5. The summed E-state index contributed by atoms with van der Waals surface area (Å²) in [4.78, 5) is 47.7. The summed E-state index contributed by atoms with van der Waals surface area (Å²) in [5.74, 6) is -3.84. The highest BCUT2D eigenvalue weighted by Crippen LogP contribution is 2.02. The van der Waals surface area contributed by atoms with Crippen molar-refractivity contribution in [1.82, 2.24) is 16.0 Å². The predicted octanol–water partition coefficient (Wildman–Crippen LogP) is -3.24. The molecule has 6 atom stereocenters. The third-order valence-corrected chi connectivity index (χ3v) is 4.16. The van der Waals surface area contributed by atoms with Gasteiger partial charge >= 0.3 is 5.97 Å². The normalized spacial score (nSPS) is 17.2. The van der Waals surface area contributed by atoms with Crippen LogP contribution in [0.3, 0.4) is 0 Å². The molecule has 6 unspecified atom stereocenters. The smallest absolute Gasteiger partial charge is 0.325 e. The van der Waals surface area contributed by atoms with Gasteiger partial charge in [0, 0.05) is 0 Å². The maximum atomic E-state index is 12.5. The number of aliphatic hydroxyl groups is 2. The van der Waals surface area contributed by atoms with Gasteiger partial charge in [-0.3, -0.25) is 19.2 Å². The lowest BCUT2D eigenvalue weighted by Crippen LogP contribution is -2.61. The van der Waals surface area contributed by atoms with Crippen LogP contribution in [0.1, 0.15) is 40.0 Å². The molecule has 12 heteroatoms. The highest BCUT2D eigenvalue weighted by Gasteiger charge is 2.33. The van der Waals surface area contributed by atoms with Gasteiger partial charge in [0.25, 0.3) is 0 Å². The second-order valence-electron chi connectivity index (χ2n) is 6.91. The molecular formula is C17H33N5O7. The first-order valence-electron chi connectivity index (χ1n) is 9.38. The van der Waals surface area contributed by atoms with Crippen LogP contribution in [0.2, 0.25) is 0 Å². The molecule has 10 N–H and O–H groups in total. The Kier molecular flexibility index (Phi) is 12.0. The number of carboxylic acid groups (broad SMARTS) is 1. The molecule has 0 spiro atoms. The fourth-order valence-corrected chi connectivity index (χ4v) is 2.32. The van der Waals surface area contributed by atoms with E-state index in [-0.39, 0.29) is 0 Å². The van der Waals surface area contributed by atoms with Gasteiger partial charge in [-0.2, -0.15) is 0 Å². The summed E-state index contributed by atoms with van der Waals surface area (Å²) in [6, 6.07) is -5.10. The van der Waals surface area contributed by atoms with Gasteiger partial charge in [-0.15, -0.1) is 0 Å². The van der Waals surface area contributed by atoms with E-state index in [2.05, 4.69) is 16.0 Å². The summed E-state index contributed by atoms with van der Waals surface area (Å²) in [7, 11) is 0. The van der Waals surface area contributed by atoms with Crippen LogP contribution in [-0.2, 0) is 19.2 Å². The van der Waals surface area contributed by atoms with E-state index in [0.29, 0.717) is 25.8 Å². The molecule has 0 saturated carbocycles. The zero-order valence-electron chi connectivity index (χ0n) is 16.9. The lowest BCUT2D eigenvalue weighted by molar-refractivity contribution is -0.142. The highest BCUT2D eigenvalue weighted by atomic mass is 16.4. The molecule has 0 bridgehead atoms. The van der Waals surface area contributed by atoms with E-state index in [9.17, 15) is 29.4 Å². The van der Waals surface area contributed by atoms with E-state index in [1.165, 1.54) is 20.8 Å². The lowest BCUT2D eigenvalue weighted by atomic mass is 10.1. The Balaban J connectivity index is 5.10. The molecule has 29 heavy (non-hydrogen) atoms. The molecule has 0 fully saturated rings. The topological polar surface area (TPSA) is 217 Å². The third kappa shape index (κ3) is 9.65. The van der Waals surface area contributed by atoms with Crippen molar-refractivity contribution in [2.24, 2.45) is 11.5 Å². The SMILES string of the molecule is CC(NC(=O)C(NC(=O)C(NC(=O)C(N)CCCCN)C(C)O)C(C)O)C(=O)O. The molecule has 0 radical (unpaired) electrons. The molecule has 12 nitrogen and oxygen atoms in total. The van der Waals surface area contributed by atoms with E-state index in [1.807, 2.05) is 0 Å². The van der Waals surface area contributed by atoms with Crippen LogP contribution in [0.15, 0.2) is 0 Å². The Labute approximate surface area is 169 Å². The van der Waals surface area contributed by atoms with E-state index < -0.39 is 60.1 Å². The summed E-state index contributed by atoms with van der Waals surface area (Å²) in [6.45, 7) is 4.15. The van der Waals surface area contributed by atoms with Gasteiger partial charge in [-0.1, -0.05) is 6.42 Å². The predicted molar refractivity (Wildman–Crippen MR) is 103 cm³/mol. The minimum Gasteiger partial charge on any atom is -0.480 e. The van der Waals surface area contributed by atoms with Gasteiger partial charge in [0.1, 0.15) is 18.1 Å². The first-order valence-corrected chi connectivity index (χ1v) is 9.38. The van der Waals surface area contributed by atoms with Gasteiger partial charge in [0.15, 0.2) is 0 Å². The number of carbonyl (C=O) groups is 4. The molecule has 0 aromatic carbocycles. The second-order valence-corrected chi connectivity index (χ2v) is 6.91. The summed E-state index contributed by atoms with van der Waals surface area (Å²) in [6.07, 6.45) is -1.07. The fraction of sp³-hybridized carbons (Fsp3) is 0.765. The van der Waals surface area contributed by atoms with Crippen molar-refractivity contribution in [3.05, 3.63) is 0 Å². The number of amides is 3. The van der Waals surface area contributed by atoms with Crippen molar-refractivity contribution in [3.8, 4) is 0 Å². The van der Waals surface area contributed by atoms with Crippen LogP contribution >= 0.6 is 0 Å². The van der Waals surface area contributed by atoms with E-state index in [1.54, 1.807) is 0 Å². The van der Waals surface area contributed by atoms with Crippen LogP contribution in [0, 0.1) is 0 Å². The molecule has 0 aliphatic heterocycles. The minimum absolute atomic E-state index is 0.336. The van der Waals surface area contributed by atoms with Crippen LogP contribution in [0.4, 0.5) is 0 Å². The summed E-state index contributed by atoms with van der Waals surface area (Å²) in [5, 5.41) is 35.2. The number of carbonyl (C=O) groups excluding carboxylic acids is 3. The Morgan fingerprint density at radius 2 is 1.28 bits per heavy atom. The van der Waals surface area contributed by atoms with Crippen molar-refractivity contribution in [1.29, 1.82) is 0 Å². The van der Waals surface area contributed by atoms with Gasteiger partial charge in [0.2, 0.25) is 17.7 Å². The largest absolute Gasteiger partial charge is 0.480 e. The average molecular weight is 419 g/mol. The zero-order chi connectivity index (χ0) is 22.7. The quantitative estimate of drug-likeness (QED) is 0.140. The molecule has 0 aliphatic rings. The number of nitrogens with two attached hydrogens (primary N) is 2. The summed E-state index contributed by atoms with van der Waals surface area (Å²) < 4.78 is 0. The molecule has 0 saturated heterocycles. The maximum Gasteiger partial charge on any atom is 0.325 e. The Hall–Kier alpha value is -2.28. The minimum atomic E-state index is -1.50. The van der Waals surface area contributed by atoms with E-state index in [4.69, 9.17) is 16.6 Å². The van der Waals surface area contributed by atoms with Crippen LogP contribution < -0.4 is 27.4 Å². The number of rotatable bonds is 13. The lowest BCUT2D eigenvalue weighted by Gasteiger charge is -2.27. The molecule has 0 heterocycles. The Morgan fingerprint density at radius 1 is 0.828 bits per heavy atom. The number of unbranched alkanes of at least 4 members (excludes halogenated alkanes) is 1. The van der Waals surface area contributed by atoms with Gasteiger partial charge < -0.3 is 42.7 Å². The van der Waals surface area contributed by atoms with Crippen molar-refractivity contribution in [2.45, 2.75) is 76.4 Å². The van der Waals surface area contributed by atoms with Gasteiger partial charge in [-0.25, -0.2) is 0 Å². The number of nitrogens with one attached hydrogen (secondary N) is 3. The number of hydrogen-bond donors (Lipinski definition) is 8. The number of hydrogen-bond acceptors (Lipinski definition) is 8. The van der Waals surface area contributed by atoms with E-state index in [0.717, 1.165) is 0 Å². The number of aliphatic hydroxyl groups excluding tert-OH is 2. The molecular weight excluding hydrogens is 386 g/mol. The first kappa shape index (κ1) is 26.7. The molecule has 0 rings (SSSR count).